The van der Waals surface area contributed by atoms with Gasteiger partial charge >= 0.3 is 0 Å². The van der Waals surface area contributed by atoms with Crippen LogP contribution in [-0.4, -0.2) is 4.98 Å². The predicted octanol–water partition coefficient (Wildman–Crippen LogP) is 6.78. The SMILES string of the molecule is CC1(C)c2cc3c(cc2-c2cccc4cccc1c24)[nH]c1ccccc13. The van der Waals surface area contributed by atoms with Gasteiger partial charge in [-0.3, -0.25) is 0 Å². The van der Waals surface area contributed by atoms with Gasteiger partial charge in [0.25, 0.3) is 0 Å². The molecule has 1 heteroatoms. The van der Waals surface area contributed by atoms with Crippen LogP contribution in [0.5, 0.6) is 0 Å². The van der Waals surface area contributed by atoms with Crippen LogP contribution < -0.4 is 0 Å². The zero-order valence-corrected chi connectivity index (χ0v) is 14.9. The smallest absolute Gasteiger partial charge is 0.0471 e. The fraction of sp³-hybridized carbons (Fsp3) is 0.120. The highest BCUT2D eigenvalue weighted by Gasteiger charge is 2.33. The Hall–Kier alpha value is -3.06. The standard InChI is InChI=1S/C25H19N/c1-25(2)20-11-6-8-15-7-5-10-17(24(15)20)18-14-23-19(13-21(18)25)16-9-3-4-12-22(16)26-23/h3-14,26H,1-2H3. The minimum absolute atomic E-state index is 0.0181. The van der Waals surface area contributed by atoms with E-state index in [0.29, 0.717) is 0 Å². The van der Waals surface area contributed by atoms with Gasteiger partial charge in [-0.25, -0.2) is 0 Å². The largest absolute Gasteiger partial charge is 0.354 e. The van der Waals surface area contributed by atoms with Gasteiger partial charge in [-0.05, 0) is 51.2 Å². The van der Waals surface area contributed by atoms with E-state index in [2.05, 4.69) is 91.6 Å². The Kier molecular flexibility index (Phi) is 2.48. The Morgan fingerprint density at radius 3 is 2.35 bits per heavy atom. The van der Waals surface area contributed by atoms with Crippen molar-refractivity contribution in [3.8, 4) is 11.1 Å². The van der Waals surface area contributed by atoms with Gasteiger partial charge < -0.3 is 4.98 Å². The van der Waals surface area contributed by atoms with Crippen molar-refractivity contribution in [2.75, 3.05) is 0 Å². The fourth-order valence-corrected chi connectivity index (χ4v) is 4.87. The van der Waals surface area contributed by atoms with Crippen LogP contribution in [0.4, 0.5) is 0 Å². The highest BCUT2D eigenvalue weighted by atomic mass is 14.7. The zero-order valence-electron chi connectivity index (χ0n) is 14.9. The molecule has 0 saturated heterocycles. The first kappa shape index (κ1) is 14.1. The molecule has 0 aliphatic heterocycles. The van der Waals surface area contributed by atoms with Crippen LogP contribution in [0.3, 0.4) is 0 Å². The summed E-state index contributed by atoms with van der Waals surface area (Å²) in [5.74, 6) is 0. The quantitative estimate of drug-likeness (QED) is 0.321. The van der Waals surface area contributed by atoms with Crippen molar-refractivity contribution < 1.29 is 0 Å². The third kappa shape index (κ3) is 1.61. The van der Waals surface area contributed by atoms with Crippen molar-refractivity contribution >= 4 is 32.6 Å². The lowest BCUT2D eigenvalue weighted by molar-refractivity contribution is 0.646. The topological polar surface area (TPSA) is 15.8 Å². The number of aromatic amines is 1. The molecule has 0 fully saturated rings. The molecule has 0 bridgehead atoms. The number of fused-ring (bicyclic) bond motifs is 5. The van der Waals surface area contributed by atoms with Gasteiger partial charge in [0.2, 0.25) is 0 Å². The molecule has 0 spiro atoms. The van der Waals surface area contributed by atoms with E-state index < -0.39 is 0 Å². The summed E-state index contributed by atoms with van der Waals surface area (Å²) in [6.45, 7) is 4.72. The predicted molar refractivity (Wildman–Crippen MR) is 111 cm³/mol. The molecule has 0 saturated carbocycles. The second-order valence-electron chi connectivity index (χ2n) is 7.95. The van der Waals surface area contributed by atoms with Gasteiger partial charge in [0.1, 0.15) is 0 Å². The Morgan fingerprint density at radius 2 is 1.46 bits per heavy atom. The average Bonchev–Trinajstić information content (AvgIpc) is 3.03. The van der Waals surface area contributed by atoms with E-state index in [1.54, 1.807) is 0 Å². The van der Waals surface area contributed by atoms with E-state index in [0.717, 1.165) is 0 Å². The van der Waals surface area contributed by atoms with E-state index in [4.69, 9.17) is 0 Å². The minimum atomic E-state index is -0.0181. The second-order valence-corrected chi connectivity index (χ2v) is 7.95. The third-order valence-corrected chi connectivity index (χ3v) is 6.19. The molecule has 1 nitrogen and oxygen atoms in total. The van der Waals surface area contributed by atoms with Gasteiger partial charge in [0, 0.05) is 27.2 Å². The maximum atomic E-state index is 3.61. The van der Waals surface area contributed by atoms with E-state index in [1.165, 1.54) is 54.8 Å². The zero-order chi connectivity index (χ0) is 17.5. The van der Waals surface area contributed by atoms with Crippen LogP contribution in [0, 0.1) is 0 Å². The first-order chi connectivity index (χ1) is 12.6. The van der Waals surface area contributed by atoms with Gasteiger partial charge in [-0.15, -0.1) is 0 Å². The summed E-state index contributed by atoms with van der Waals surface area (Å²) in [4.78, 5) is 3.61. The van der Waals surface area contributed by atoms with E-state index >= 15 is 0 Å². The van der Waals surface area contributed by atoms with Crippen LogP contribution in [0.25, 0.3) is 43.7 Å². The Labute approximate surface area is 152 Å². The number of para-hydroxylation sites is 1. The summed E-state index contributed by atoms with van der Waals surface area (Å²) in [6, 6.07) is 26.8. The van der Waals surface area contributed by atoms with Crippen molar-refractivity contribution in [2.45, 2.75) is 19.3 Å². The number of hydrogen-bond acceptors (Lipinski definition) is 0. The molecule has 0 atom stereocenters. The van der Waals surface area contributed by atoms with Gasteiger partial charge in [-0.1, -0.05) is 68.4 Å². The molecule has 0 unspecified atom stereocenters. The molecule has 0 amide bonds. The van der Waals surface area contributed by atoms with E-state index in [9.17, 15) is 0 Å². The van der Waals surface area contributed by atoms with Crippen molar-refractivity contribution in [1.82, 2.24) is 4.98 Å². The fourth-order valence-electron chi connectivity index (χ4n) is 4.87. The van der Waals surface area contributed by atoms with Crippen molar-refractivity contribution in [1.29, 1.82) is 0 Å². The Bertz CT molecular complexity index is 1350. The summed E-state index contributed by atoms with van der Waals surface area (Å²) in [5.41, 5.74) is 7.97. The summed E-state index contributed by atoms with van der Waals surface area (Å²) < 4.78 is 0. The first-order valence-corrected chi connectivity index (χ1v) is 9.22. The molecule has 1 aromatic heterocycles. The number of nitrogens with one attached hydrogen (secondary N) is 1. The molecule has 26 heavy (non-hydrogen) atoms. The number of H-pyrrole nitrogens is 1. The molecular weight excluding hydrogens is 314 g/mol. The second kappa shape index (κ2) is 4.56. The van der Waals surface area contributed by atoms with Gasteiger partial charge in [0.15, 0.2) is 0 Å². The minimum Gasteiger partial charge on any atom is -0.354 e. The number of hydrogen-bond donors (Lipinski definition) is 1. The summed E-state index contributed by atoms with van der Waals surface area (Å²) >= 11 is 0. The molecule has 1 aliphatic carbocycles. The Morgan fingerprint density at radius 1 is 0.654 bits per heavy atom. The molecule has 1 aliphatic rings. The third-order valence-electron chi connectivity index (χ3n) is 6.19. The van der Waals surface area contributed by atoms with Crippen LogP contribution in [0.15, 0.2) is 72.8 Å². The van der Waals surface area contributed by atoms with Crippen LogP contribution in [0.1, 0.15) is 25.0 Å². The van der Waals surface area contributed by atoms with Gasteiger partial charge in [-0.2, -0.15) is 0 Å². The lowest BCUT2D eigenvalue weighted by Crippen LogP contribution is -2.23. The molecule has 124 valence electrons. The average molecular weight is 333 g/mol. The highest BCUT2D eigenvalue weighted by Crippen LogP contribution is 2.49. The molecule has 6 rings (SSSR count). The first-order valence-electron chi connectivity index (χ1n) is 9.22. The lowest BCUT2D eigenvalue weighted by atomic mass is 9.68. The van der Waals surface area contributed by atoms with Crippen LogP contribution in [-0.2, 0) is 5.41 Å². The van der Waals surface area contributed by atoms with Gasteiger partial charge in [0.05, 0.1) is 0 Å². The summed E-state index contributed by atoms with van der Waals surface area (Å²) in [5, 5.41) is 5.36. The van der Waals surface area contributed by atoms with Crippen molar-refractivity contribution in [3.63, 3.8) is 0 Å². The van der Waals surface area contributed by atoms with Crippen molar-refractivity contribution in [2.24, 2.45) is 0 Å². The number of benzene rings is 4. The van der Waals surface area contributed by atoms with Crippen LogP contribution in [0.2, 0.25) is 0 Å². The summed E-state index contributed by atoms with van der Waals surface area (Å²) in [6.07, 6.45) is 0. The highest BCUT2D eigenvalue weighted by molar-refractivity contribution is 6.11. The van der Waals surface area contributed by atoms with Crippen LogP contribution >= 0.6 is 0 Å². The molecule has 1 heterocycles. The maximum absolute atomic E-state index is 3.61. The van der Waals surface area contributed by atoms with E-state index in [-0.39, 0.29) is 5.41 Å². The Balaban J connectivity index is 1.83. The molecular formula is C25H19N. The number of aromatic nitrogens is 1. The molecule has 4 aromatic carbocycles. The molecule has 1 N–H and O–H groups in total. The molecule has 0 radical (unpaired) electrons. The van der Waals surface area contributed by atoms with E-state index in [1.807, 2.05) is 0 Å². The number of rotatable bonds is 0. The molecule has 5 aromatic rings. The summed E-state index contributed by atoms with van der Waals surface area (Å²) in [7, 11) is 0. The lowest BCUT2D eigenvalue weighted by Gasteiger charge is -2.35. The normalized spacial score (nSPS) is 14.8. The van der Waals surface area contributed by atoms with Crippen molar-refractivity contribution in [3.05, 3.63) is 83.9 Å². The monoisotopic (exact) mass is 333 g/mol. The maximum Gasteiger partial charge on any atom is 0.0471 e.